The third-order valence-corrected chi connectivity index (χ3v) is 13.1. The van der Waals surface area contributed by atoms with Crippen molar-refractivity contribution in [2.24, 2.45) is 9.98 Å². The second-order valence-corrected chi connectivity index (χ2v) is 16.9. The summed E-state index contributed by atoms with van der Waals surface area (Å²) in [6.45, 7) is 0. The summed E-state index contributed by atoms with van der Waals surface area (Å²) < 4.78 is 0. The van der Waals surface area contributed by atoms with Crippen molar-refractivity contribution < 1.29 is 32.6 Å². The minimum Gasteiger partial charge on any atom is -0.507 e. The molecule has 65 heavy (non-hydrogen) atoms. The quantitative estimate of drug-likeness (QED) is 0.118. The van der Waals surface area contributed by atoms with Crippen LogP contribution < -0.4 is 0 Å². The van der Waals surface area contributed by atoms with Crippen molar-refractivity contribution in [1.82, 2.24) is 0 Å². The van der Waals surface area contributed by atoms with Gasteiger partial charge in [0.25, 0.3) is 0 Å². The molecule has 0 aromatic heterocycles. The zero-order valence-corrected chi connectivity index (χ0v) is 38.0. The molecule has 0 radical (unpaired) electrons. The molecule has 1 fully saturated rings. The van der Waals surface area contributed by atoms with Crippen LogP contribution >= 0.6 is 0 Å². The van der Waals surface area contributed by atoms with E-state index in [4.69, 9.17) is 9.98 Å². The average Bonchev–Trinajstić information content (AvgIpc) is 3.35. The van der Waals surface area contributed by atoms with Gasteiger partial charge in [-0.05, 0) is 90.3 Å². The Morgan fingerprint density at radius 1 is 0.369 bits per heavy atom. The molecule has 0 aliphatic heterocycles. The molecule has 0 saturated heterocycles. The van der Waals surface area contributed by atoms with Crippen molar-refractivity contribution in [2.45, 2.75) is 37.8 Å². The van der Waals surface area contributed by atoms with Gasteiger partial charge in [-0.3, -0.25) is 9.98 Å². The van der Waals surface area contributed by atoms with E-state index in [1.807, 2.05) is 48.8 Å². The van der Waals surface area contributed by atoms with Crippen molar-refractivity contribution in [3.05, 3.63) is 205 Å². The maximum Gasteiger partial charge on any atom is 3.00 e. The van der Waals surface area contributed by atoms with Crippen LogP contribution in [-0.2, 0) is 22.4 Å². The number of phenolic OH excluding ortho intramolecular Hbond substituents is 2. The number of rotatable bonds is 8. The summed E-state index contributed by atoms with van der Waals surface area (Å²) in [7, 11) is 0. The second-order valence-electron chi connectivity index (χ2n) is 16.9. The first kappa shape index (κ1) is 41.9. The monoisotopic (exact) mass is 919 g/mol. The van der Waals surface area contributed by atoms with Gasteiger partial charge < -0.3 is 10.2 Å². The first-order valence-corrected chi connectivity index (χ1v) is 22.3. The fourth-order valence-corrected chi connectivity index (χ4v) is 10.0. The fourth-order valence-electron chi connectivity index (χ4n) is 10.0. The number of hydrogen-bond acceptors (Lipinski definition) is 4. The Morgan fingerprint density at radius 3 is 1.11 bits per heavy atom. The van der Waals surface area contributed by atoms with E-state index in [1.54, 1.807) is 0 Å². The third-order valence-electron chi connectivity index (χ3n) is 13.1. The molecule has 2 N–H and O–H groups in total. The Kier molecular flexibility index (Phi) is 11.7. The van der Waals surface area contributed by atoms with E-state index in [0.717, 1.165) is 113 Å². The number of hydrogen-bond donors (Lipinski definition) is 2. The molecule has 0 heterocycles. The summed E-state index contributed by atoms with van der Waals surface area (Å²) in [4.78, 5) is 10.5. The molecular weight excluding hydrogens is 874 g/mol. The van der Waals surface area contributed by atoms with Gasteiger partial charge >= 0.3 is 22.4 Å². The normalized spacial score (nSPS) is 15.3. The maximum atomic E-state index is 12.5. The number of phenols is 2. The van der Waals surface area contributed by atoms with Crippen molar-refractivity contribution in [1.29, 1.82) is 0 Å². The summed E-state index contributed by atoms with van der Waals surface area (Å²) in [6.07, 6.45) is 7.60. The van der Waals surface area contributed by atoms with Crippen LogP contribution in [0.4, 0.5) is 0 Å². The molecule has 5 heteroatoms. The summed E-state index contributed by atoms with van der Waals surface area (Å²) >= 11 is 0. The largest absolute Gasteiger partial charge is 3.00 e. The van der Waals surface area contributed by atoms with Gasteiger partial charge in [0.05, 0.1) is 12.1 Å². The first-order chi connectivity index (χ1) is 31.6. The van der Waals surface area contributed by atoms with Crippen molar-refractivity contribution >= 4 is 55.5 Å². The molecule has 10 aromatic carbocycles. The molecule has 10 aromatic rings. The fraction of sp³-hybridized carbons (Fsp3) is 0.100. The Balaban J connectivity index is 0.00000498. The Labute approximate surface area is 394 Å². The smallest absolute Gasteiger partial charge is 0.507 e. The van der Waals surface area contributed by atoms with Crippen molar-refractivity contribution in [3.63, 3.8) is 0 Å². The van der Waals surface area contributed by atoms with Gasteiger partial charge in [-0.2, -0.15) is 0 Å². The molecule has 1 saturated carbocycles. The Morgan fingerprint density at radius 2 is 0.708 bits per heavy atom. The number of aliphatic imine (C=N–C) groups is 2. The number of aromatic hydroxyl groups is 2. The molecule has 0 amide bonds. The van der Waals surface area contributed by atoms with Crippen molar-refractivity contribution in [2.75, 3.05) is 0 Å². The van der Waals surface area contributed by atoms with Gasteiger partial charge in [0.15, 0.2) is 0 Å². The second kappa shape index (κ2) is 18.2. The Hall–Kier alpha value is -7.08. The van der Waals surface area contributed by atoms with Gasteiger partial charge in [0.1, 0.15) is 11.5 Å². The van der Waals surface area contributed by atoms with Crippen LogP contribution in [-0.4, -0.2) is 34.7 Å². The van der Waals surface area contributed by atoms with E-state index in [2.05, 4.69) is 158 Å². The van der Waals surface area contributed by atoms with Crippen LogP contribution in [0.3, 0.4) is 0 Å². The van der Waals surface area contributed by atoms with Crippen LogP contribution in [0.5, 0.6) is 11.5 Å². The van der Waals surface area contributed by atoms with E-state index in [-0.39, 0.29) is 46.0 Å². The number of benzene rings is 10. The maximum absolute atomic E-state index is 12.5. The van der Waals surface area contributed by atoms with Gasteiger partial charge in [-0.1, -0.05) is 195 Å². The molecule has 1 aliphatic rings. The first-order valence-electron chi connectivity index (χ1n) is 22.3. The minimum absolute atomic E-state index is 0. The van der Waals surface area contributed by atoms with Crippen LogP contribution in [0, 0.1) is 0 Å². The van der Waals surface area contributed by atoms with Gasteiger partial charge in [-0.15, -0.1) is 0 Å². The van der Waals surface area contributed by atoms with E-state index in [0.29, 0.717) is 11.1 Å². The van der Waals surface area contributed by atoms with Gasteiger partial charge in [-0.25, -0.2) is 0 Å². The van der Waals surface area contributed by atoms with E-state index in [9.17, 15) is 10.2 Å². The molecule has 11 rings (SSSR count). The predicted octanol–water partition coefficient (Wildman–Crippen LogP) is 15.2. The molecule has 0 unspecified atom stereocenters. The van der Waals surface area contributed by atoms with Crippen LogP contribution in [0.2, 0.25) is 0 Å². The molecule has 0 spiro atoms. The molecule has 310 valence electrons. The number of fused-ring (bicyclic) bond motifs is 4. The topological polar surface area (TPSA) is 65.2 Å². The zero-order valence-electron chi connectivity index (χ0n) is 35.8. The Bertz CT molecular complexity index is 3210. The van der Waals surface area contributed by atoms with Gasteiger partial charge in [0.2, 0.25) is 0 Å². The predicted molar refractivity (Wildman–Crippen MR) is 269 cm³/mol. The summed E-state index contributed by atoms with van der Waals surface area (Å²) in [5.41, 5.74) is 9.27. The van der Waals surface area contributed by atoms with Crippen LogP contribution in [0.15, 0.2) is 204 Å². The molecule has 4 nitrogen and oxygen atoms in total. The SMILES string of the molecule is Oc1c(C=N[C@@H]2CCCC[C@H]2N=Cc2cc3ccccc3c(-c3c(-c4ccccc4)ccc4ccccc34)c2O)cc2ccccc2c1-c1c(-c2ccccc2)ccc2ccccc12.[Nb+3]. The van der Waals surface area contributed by atoms with E-state index in [1.165, 1.54) is 0 Å². The standard InChI is InChI=1S/C60H46N2O2.Nb/c63-59-45(35-43-23-9-13-27-49(43)57(59)55-47-25-11-7-21-41(47)31-33-51(55)39-17-3-1-4-18-39)37-61-53-29-15-16-30-54(53)62-38-46-36-44-24-10-14-28-50(44)58(60(46)64)56-48-26-12-8-22-42(48)32-34-52(56)40-19-5-2-6-20-40;/h1-14,17-28,31-38,53-54,63-64H,15-16,29-30H2;/q;+3/t53-,54-;/m1./s1. The number of nitrogens with zero attached hydrogens (tertiary/aromatic N) is 2. The minimum atomic E-state index is -0.0958. The third kappa shape index (κ3) is 7.85. The summed E-state index contributed by atoms with van der Waals surface area (Å²) in [6, 6.07) is 66.9. The molecule has 0 bridgehead atoms. The zero-order chi connectivity index (χ0) is 43.0. The van der Waals surface area contributed by atoms with Crippen molar-refractivity contribution in [3.8, 4) is 56.0 Å². The van der Waals surface area contributed by atoms with Gasteiger partial charge in [0, 0.05) is 45.8 Å². The molecule has 1 aliphatic carbocycles. The van der Waals surface area contributed by atoms with E-state index >= 15 is 0 Å². The van der Waals surface area contributed by atoms with E-state index < -0.39 is 0 Å². The summed E-state index contributed by atoms with van der Waals surface area (Å²) in [5.74, 6) is 0.424. The molecular formula is C60H46N2NbO2+3. The summed E-state index contributed by atoms with van der Waals surface area (Å²) in [5, 5.41) is 33.4. The van der Waals surface area contributed by atoms with Crippen LogP contribution in [0.25, 0.3) is 87.6 Å². The molecule has 2 atom stereocenters. The average molecular weight is 920 g/mol. The van der Waals surface area contributed by atoms with Crippen LogP contribution in [0.1, 0.15) is 36.8 Å².